The summed E-state index contributed by atoms with van der Waals surface area (Å²) in [6.45, 7) is 6.42. The van der Waals surface area contributed by atoms with Gasteiger partial charge < -0.3 is 66.2 Å². The van der Waals surface area contributed by atoms with Gasteiger partial charge in [-0.15, -0.1) is 5.10 Å². The highest BCUT2D eigenvalue weighted by atomic mass is 16.5. The largest absolute Gasteiger partial charge is 0.508 e. The van der Waals surface area contributed by atoms with Crippen LogP contribution in [0.15, 0.2) is 116 Å². The Morgan fingerprint density at radius 3 is 2.12 bits per heavy atom. The predicted molar refractivity (Wildman–Crippen MR) is 302 cm³/mol. The first-order valence-corrected chi connectivity index (χ1v) is 24.9. The normalized spacial score (nSPS) is 17.0. The summed E-state index contributed by atoms with van der Waals surface area (Å²) in [5.41, 5.74) is 15.5. The molecule has 6 unspecified atom stereocenters. The number of fused-ring (bicyclic) bond motifs is 2. The Kier molecular flexibility index (Phi) is 24.9. The third-order valence-corrected chi connectivity index (χ3v) is 13.1. The van der Waals surface area contributed by atoms with Gasteiger partial charge in [0.05, 0.1) is 44.8 Å². The van der Waals surface area contributed by atoms with E-state index in [0.717, 1.165) is 107 Å². The van der Waals surface area contributed by atoms with E-state index in [2.05, 4.69) is 35.8 Å². The zero-order chi connectivity index (χ0) is 53.0. The van der Waals surface area contributed by atoms with E-state index in [1.165, 1.54) is 6.42 Å². The van der Waals surface area contributed by atoms with Crippen molar-refractivity contribution in [1.82, 2.24) is 25.5 Å². The first-order chi connectivity index (χ1) is 35.8. The number of aliphatic hydroxyl groups excluding tert-OH is 1. The Morgan fingerprint density at radius 2 is 1.46 bits per heavy atom. The van der Waals surface area contributed by atoms with Gasteiger partial charge in [0.2, 0.25) is 5.82 Å². The summed E-state index contributed by atoms with van der Waals surface area (Å²) < 4.78 is 28.4. The van der Waals surface area contributed by atoms with Crippen LogP contribution in [0.2, 0.25) is 0 Å². The number of hydrazine groups is 1. The van der Waals surface area contributed by atoms with Crippen LogP contribution in [0.5, 0.6) is 23.0 Å². The number of nitrogens with one attached hydrogen (secondary N) is 2. The fraction of sp³-hybridized carbons (Fsp3) is 0.421. The first kappa shape index (κ1) is 61.3. The Labute approximate surface area is 448 Å². The molecule has 3 aromatic heterocycles. The van der Waals surface area contributed by atoms with Gasteiger partial charge in [-0.25, -0.2) is 5.84 Å². The van der Waals surface area contributed by atoms with Crippen molar-refractivity contribution in [2.75, 3.05) is 69.9 Å². The van der Waals surface area contributed by atoms with E-state index in [0.29, 0.717) is 23.1 Å². The second-order valence-electron chi connectivity index (χ2n) is 18.3. The number of piperidine rings is 1. The van der Waals surface area contributed by atoms with Gasteiger partial charge >= 0.3 is 5.95 Å². The second kappa shape index (κ2) is 30.9. The molecule has 19 heteroatoms. The molecule has 0 spiro atoms. The quantitative estimate of drug-likeness (QED) is 0.0207. The standard InChI is InChI=1S/C20H27NO4.C18H23NO3.C9H15N5O.C8H8N4.2CH4/c1-22-17-6-5-13(10-18(17)23-2)9-16-15-12-20(25-4)19(24-3)11-14(15)7-8-21-16;1-13(12-22-17-6-4-3-5-7-17)19-14(2)18(21)15-8-10-16(20)11-9-15;10-7-6-8(12-9(11)14(7)15)13-4-2-1-3-5-13;9-11-8-7-4-2-1-3-6(7)5-10-12-8;;/h7-8,11-13,17-18H,5-6,9-10H2,1-4H3;3-11,13-14,18-21H,12H2,1-2H3;6,15H,1-5H2,(H3,10,11,12);1-5H,9H2,(H,11,12);2*1H4/p+1. The molecule has 7 aromatic rings. The molecule has 2 aliphatic rings. The summed E-state index contributed by atoms with van der Waals surface area (Å²) in [4.78, 5) is 10.9. The average molecular weight is 1050 g/mol. The Balaban J connectivity index is 0.000000224. The zero-order valence-electron chi connectivity index (χ0n) is 43.3. The van der Waals surface area contributed by atoms with Gasteiger partial charge in [0, 0.05) is 67.4 Å². The summed E-state index contributed by atoms with van der Waals surface area (Å²) in [5, 5.41) is 44.1. The number of phenolic OH excluding ortho intramolecular Hbond substituents is 1. The zero-order valence-corrected chi connectivity index (χ0v) is 43.3. The van der Waals surface area contributed by atoms with E-state index in [1.54, 1.807) is 65.0 Å². The highest BCUT2D eigenvalue weighted by Gasteiger charge is 2.31. The molecule has 6 atom stereocenters. The first-order valence-electron chi connectivity index (χ1n) is 24.9. The maximum Gasteiger partial charge on any atom is 0.383 e. The van der Waals surface area contributed by atoms with E-state index in [9.17, 15) is 15.4 Å². The van der Waals surface area contributed by atoms with Crippen LogP contribution >= 0.6 is 0 Å². The Hall–Kier alpha value is -7.29. The third kappa shape index (κ3) is 17.1. The number of anilines is 4. The lowest BCUT2D eigenvalue weighted by Gasteiger charge is -2.34. The molecule has 9 rings (SSSR count). The molecule has 4 heterocycles. The van der Waals surface area contributed by atoms with Crippen molar-refractivity contribution in [2.24, 2.45) is 11.8 Å². The minimum atomic E-state index is -0.639. The van der Waals surface area contributed by atoms with E-state index in [1.807, 2.05) is 92.8 Å². The van der Waals surface area contributed by atoms with Crippen molar-refractivity contribution in [3.8, 4) is 23.0 Å². The van der Waals surface area contributed by atoms with Crippen molar-refractivity contribution in [3.63, 3.8) is 0 Å². The molecule has 0 bridgehead atoms. The maximum atomic E-state index is 10.3. The van der Waals surface area contributed by atoms with Crippen LogP contribution in [-0.4, -0.2) is 108 Å². The van der Waals surface area contributed by atoms with Crippen molar-refractivity contribution in [1.29, 1.82) is 0 Å². The Morgan fingerprint density at radius 1 is 0.789 bits per heavy atom. The number of hydrogen-bond donors (Lipinski definition) is 8. The fourth-order valence-corrected chi connectivity index (χ4v) is 9.11. The van der Waals surface area contributed by atoms with Crippen molar-refractivity contribution >= 4 is 44.9 Å². The molecule has 412 valence electrons. The number of phenols is 1. The number of ether oxygens (including phenoxy) is 5. The van der Waals surface area contributed by atoms with Crippen LogP contribution in [0.3, 0.4) is 0 Å². The molecule has 0 radical (unpaired) electrons. The minimum absolute atomic E-state index is 0. The maximum absolute atomic E-state index is 10.3. The summed E-state index contributed by atoms with van der Waals surface area (Å²) in [6, 6.07) is 31.7. The number of nitrogens with zero attached hydrogens (tertiary/aromatic N) is 6. The van der Waals surface area contributed by atoms with Crippen molar-refractivity contribution < 1.29 is 43.8 Å². The lowest BCUT2D eigenvalue weighted by Crippen LogP contribution is -2.41. The lowest BCUT2D eigenvalue weighted by molar-refractivity contribution is -0.883. The van der Waals surface area contributed by atoms with Crippen molar-refractivity contribution in [3.05, 3.63) is 127 Å². The average Bonchev–Trinajstić information content (AvgIpc) is 3.44. The highest BCUT2D eigenvalue weighted by molar-refractivity contribution is 5.90. The molecule has 1 saturated heterocycles. The number of methoxy groups -OCH3 is 4. The van der Waals surface area contributed by atoms with Crippen LogP contribution in [0, 0.1) is 5.92 Å². The number of benzene rings is 4. The van der Waals surface area contributed by atoms with Gasteiger partial charge in [-0.1, -0.05) is 74.4 Å². The number of nitrogen functional groups attached to an aromatic ring is 3. The number of para-hydroxylation sites is 1. The van der Waals surface area contributed by atoms with E-state index < -0.39 is 6.10 Å². The lowest BCUT2D eigenvalue weighted by atomic mass is 9.82. The monoisotopic (exact) mass is 1050 g/mol. The molecule has 0 amide bonds. The molecule has 19 nitrogen and oxygen atoms in total. The van der Waals surface area contributed by atoms with E-state index in [4.69, 9.17) is 41.0 Å². The van der Waals surface area contributed by atoms with Gasteiger partial charge in [0.25, 0.3) is 0 Å². The fourth-order valence-electron chi connectivity index (χ4n) is 9.11. The molecule has 76 heavy (non-hydrogen) atoms. The number of nitrogens with two attached hydrogens (primary N) is 3. The number of hydrogen-bond acceptors (Lipinski definition) is 18. The van der Waals surface area contributed by atoms with Crippen LogP contribution in [-0.2, 0) is 15.9 Å². The van der Waals surface area contributed by atoms with E-state index in [-0.39, 0.29) is 56.7 Å². The number of pyridine rings is 1. The number of rotatable bonds is 15. The second-order valence-corrected chi connectivity index (χ2v) is 18.3. The molecule has 1 saturated carbocycles. The number of aliphatic hydroxyl groups is 1. The summed E-state index contributed by atoms with van der Waals surface area (Å²) in [6.07, 6.45) is 11.0. The molecule has 1 aliphatic carbocycles. The molecule has 11 N–H and O–H groups in total. The predicted octanol–water partition coefficient (Wildman–Crippen LogP) is 8.44. The number of aromatic nitrogens is 5. The Bertz CT molecular complexity index is 2760. The van der Waals surface area contributed by atoms with Crippen molar-refractivity contribution in [2.45, 2.75) is 104 Å². The van der Waals surface area contributed by atoms with Crippen LogP contribution < -0.4 is 51.9 Å². The van der Waals surface area contributed by atoms with Gasteiger partial charge in [-0.3, -0.25) is 4.98 Å². The van der Waals surface area contributed by atoms with Crippen LogP contribution in [0.4, 0.5) is 23.4 Å². The molecule has 1 aliphatic heterocycles. The number of aromatic hydroxyl groups is 1. The molecular formula is C57H82N11O8+. The molecule has 2 fully saturated rings. The van der Waals surface area contributed by atoms with Crippen LogP contribution in [0.1, 0.15) is 84.6 Å². The summed E-state index contributed by atoms with van der Waals surface area (Å²) >= 11 is 0. The summed E-state index contributed by atoms with van der Waals surface area (Å²) in [7, 11) is 6.86. The van der Waals surface area contributed by atoms with Gasteiger partial charge in [-0.2, -0.15) is 5.10 Å². The van der Waals surface area contributed by atoms with Gasteiger partial charge in [-0.05, 0) is 123 Å². The van der Waals surface area contributed by atoms with E-state index >= 15 is 0 Å². The van der Waals surface area contributed by atoms with Gasteiger partial charge in [0.1, 0.15) is 18.1 Å². The van der Waals surface area contributed by atoms with Gasteiger partial charge in [0.15, 0.2) is 23.1 Å². The minimum Gasteiger partial charge on any atom is -0.508 e. The summed E-state index contributed by atoms with van der Waals surface area (Å²) in [5.74, 6) is 9.90. The van der Waals surface area contributed by atoms with Crippen LogP contribution in [0.25, 0.3) is 21.5 Å². The molecule has 4 aromatic carbocycles. The third-order valence-electron chi connectivity index (χ3n) is 13.1. The highest BCUT2D eigenvalue weighted by Crippen LogP contribution is 2.36. The SMILES string of the molecule is C.C.CC(COc1ccccc1)NC(C)C(O)c1ccc(O)cc1.COc1cc2ccnc(CC3CCC(OC)C(OC)C3)c2cc1OC.NNc1nncc2ccccc12.Nc1cc(N2CCCCC2)nc(N)[n+]1O. The molecular weight excluding hydrogens is 967 g/mol. The topological polar surface area (TPSA) is 268 Å². The smallest absolute Gasteiger partial charge is 0.383 e.